The molecular formula is C25H32N2O7. The lowest BCUT2D eigenvalue weighted by Crippen LogP contribution is -2.40. The highest BCUT2D eigenvalue weighted by Gasteiger charge is 2.30. The lowest BCUT2D eigenvalue weighted by molar-refractivity contribution is -0.138. The molecule has 1 heterocycles. The Kier molecular flexibility index (Phi) is 8.59. The van der Waals surface area contributed by atoms with Gasteiger partial charge >= 0.3 is 0 Å². The van der Waals surface area contributed by atoms with Gasteiger partial charge in [-0.05, 0) is 35.4 Å². The summed E-state index contributed by atoms with van der Waals surface area (Å²) < 4.78 is 26.9. The topological polar surface area (TPSA) is 86.8 Å². The quantitative estimate of drug-likeness (QED) is 0.553. The molecule has 184 valence electrons. The van der Waals surface area contributed by atoms with E-state index < -0.39 is 0 Å². The van der Waals surface area contributed by atoms with E-state index in [-0.39, 0.29) is 30.9 Å². The Morgan fingerprint density at radius 3 is 2.06 bits per heavy atom. The summed E-state index contributed by atoms with van der Waals surface area (Å²) in [5, 5.41) is 0. The standard InChI is InChI=1S/C25H32N2O7/c1-30-19-8-6-17(7-9-19)13-26-14-20(31-2)15-27(16-24(26)29)23(28)12-18-10-21(32-3)25(34-5)22(11-18)33-4/h6-11,20H,12-16H2,1-5H3/t20-/m1/s1. The zero-order chi connectivity index (χ0) is 24.7. The normalized spacial score (nSPS) is 16.1. The van der Waals surface area contributed by atoms with E-state index in [0.717, 1.165) is 11.3 Å². The minimum Gasteiger partial charge on any atom is -0.497 e. The highest BCUT2D eigenvalue weighted by Crippen LogP contribution is 2.38. The molecule has 0 aromatic heterocycles. The molecular weight excluding hydrogens is 440 g/mol. The number of rotatable bonds is 9. The fourth-order valence-corrected chi connectivity index (χ4v) is 3.95. The van der Waals surface area contributed by atoms with Crippen LogP contribution in [-0.2, 0) is 27.3 Å². The maximum absolute atomic E-state index is 13.2. The van der Waals surface area contributed by atoms with E-state index in [1.165, 1.54) is 21.3 Å². The first-order valence-corrected chi connectivity index (χ1v) is 10.9. The van der Waals surface area contributed by atoms with Crippen LogP contribution in [0.1, 0.15) is 11.1 Å². The molecule has 3 rings (SSSR count). The second-order valence-corrected chi connectivity index (χ2v) is 7.96. The first-order chi connectivity index (χ1) is 16.4. The zero-order valence-corrected chi connectivity index (χ0v) is 20.3. The number of hydrogen-bond donors (Lipinski definition) is 0. The van der Waals surface area contributed by atoms with Crippen molar-refractivity contribution >= 4 is 11.8 Å². The van der Waals surface area contributed by atoms with E-state index in [1.807, 2.05) is 24.3 Å². The molecule has 2 aromatic rings. The first kappa shape index (κ1) is 25.2. The van der Waals surface area contributed by atoms with Crippen LogP contribution in [0.25, 0.3) is 0 Å². The van der Waals surface area contributed by atoms with E-state index in [9.17, 15) is 9.59 Å². The average Bonchev–Trinajstić information content (AvgIpc) is 3.02. The second kappa shape index (κ2) is 11.6. The number of carbonyl (C=O) groups excluding carboxylic acids is 2. The molecule has 2 aromatic carbocycles. The highest BCUT2D eigenvalue weighted by molar-refractivity contribution is 5.86. The van der Waals surface area contributed by atoms with Gasteiger partial charge in [0.15, 0.2) is 11.5 Å². The summed E-state index contributed by atoms with van der Waals surface area (Å²) in [6, 6.07) is 11.0. The fraction of sp³-hybridized carbons (Fsp3) is 0.440. The van der Waals surface area contributed by atoms with Crippen molar-refractivity contribution in [2.24, 2.45) is 0 Å². The lowest BCUT2D eigenvalue weighted by atomic mass is 10.1. The highest BCUT2D eigenvalue weighted by atomic mass is 16.5. The van der Waals surface area contributed by atoms with Crippen molar-refractivity contribution in [3.63, 3.8) is 0 Å². The van der Waals surface area contributed by atoms with Crippen LogP contribution in [0.2, 0.25) is 0 Å². The van der Waals surface area contributed by atoms with Crippen LogP contribution in [0.5, 0.6) is 23.0 Å². The molecule has 9 heteroatoms. The summed E-state index contributed by atoms with van der Waals surface area (Å²) in [5.41, 5.74) is 1.67. The van der Waals surface area contributed by atoms with Crippen LogP contribution in [0.15, 0.2) is 36.4 Å². The van der Waals surface area contributed by atoms with Crippen molar-refractivity contribution in [1.29, 1.82) is 0 Å². The predicted molar refractivity (Wildman–Crippen MR) is 126 cm³/mol. The summed E-state index contributed by atoms with van der Waals surface area (Å²) in [6.07, 6.45) is -0.215. The monoisotopic (exact) mass is 472 g/mol. The third-order valence-corrected chi connectivity index (χ3v) is 5.83. The molecule has 1 atom stereocenters. The molecule has 0 N–H and O–H groups in total. The van der Waals surface area contributed by atoms with Gasteiger partial charge in [-0.15, -0.1) is 0 Å². The average molecular weight is 473 g/mol. The molecule has 1 aliphatic heterocycles. The summed E-state index contributed by atoms with van der Waals surface area (Å²) in [7, 11) is 7.78. The maximum atomic E-state index is 13.2. The van der Waals surface area contributed by atoms with Gasteiger partial charge in [0.25, 0.3) is 0 Å². The summed E-state index contributed by atoms with van der Waals surface area (Å²) >= 11 is 0. The minimum atomic E-state index is -0.298. The van der Waals surface area contributed by atoms with Gasteiger partial charge in [-0.1, -0.05) is 12.1 Å². The van der Waals surface area contributed by atoms with Gasteiger partial charge in [-0.25, -0.2) is 0 Å². The van der Waals surface area contributed by atoms with Crippen molar-refractivity contribution < 1.29 is 33.3 Å². The fourth-order valence-electron chi connectivity index (χ4n) is 3.95. The van der Waals surface area contributed by atoms with Crippen LogP contribution in [0, 0.1) is 0 Å². The van der Waals surface area contributed by atoms with Crippen LogP contribution in [0.4, 0.5) is 0 Å². The Morgan fingerprint density at radius 1 is 0.882 bits per heavy atom. The van der Waals surface area contributed by atoms with Gasteiger partial charge in [-0.3, -0.25) is 9.59 Å². The van der Waals surface area contributed by atoms with Crippen molar-refractivity contribution in [3.8, 4) is 23.0 Å². The molecule has 1 saturated heterocycles. The van der Waals surface area contributed by atoms with Crippen molar-refractivity contribution in [3.05, 3.63) is 47.5 Å². The third kappa shape index (κ3) is 5.91. The molecule has 2 amide bonds. The lowest BCUT2D eigenvalue weighted by Gasteiger charge is -2.23. The summed E-state index contributed by atoms with van der Waals surface area (Å²) in [6.45, 7) is 1.14. The Balaban J connectivity index is 1.74. The molecule has 1 fully saturated rings. The Labute approximate surface area is 200 Å². The molecule has 0 saturated carbocycles. The molecule has 0 radical (unpaired) electrons. The number of ether oxygens (including phenoxy) is 5. The Hall–Kier alpha value is -3.46. The molecule has 34 heavy (non-hydrogen) atoms. The third-order valence-electron chi connectivity index (χ3n) is 5.83. The molecule has 9 nitrogen and oxygen atoms in total. The number of hydrogen-bond acceptors (Lipinski definition) is 7. The van der Waals surface area contributed by atoms with Crippen LogP contribution in [0.3, 0.4) is 0 Å². The largest absolute Gasteiger partial charge is 0.497 e. The smallest absolute Gasteiger partial charge is 0.242 e. The van der Waals surface area contributed by atoms with Gasteiger partial charge in [0.2, 0.25) is 17.6 Å². The van der Waals surface area contributed by atoms with Crippen molar-refractivity contribution in [2.45, 2.75) is 19.1 Å². The maximum Gasteiger partial charge on any atom is 0.242 e. The number of amides is 2. The van der Waals surface area contributed by atoms with Crippen LogP contribution >= 0.6 is 0 Å². The van der Waals surface area contributed by atoms with Gasteiger partial charge in [0.1, 0.15) is 5.75 Å². The van der Waals surface area contributed by atoms with Gasteiger partial charge < -0.3 is 33.5 Å². The van der Waals surface area contributed by atoms with E-state index in [2.05, 4.69) is 0 Å². The second-order valence-electron chi connectivity index (χ2n) is 7.96. The predicted octanol–water partition coefficient (Wildman–Crippen LogP) is 2.15. The number of nitrogens with zero attached hydrogens (tertiary/aromatic N) is 2. The zero-order valence-electron chi connectivity index (χ0n) is 20.3. The number of methoxy groups -OCH3 is 5. The first-order valence-electron chi connectivity index (χ1n) is 10.9. The molecule has 0 spiro atoms. The Bertz CT molecular complexity index is 968. The molecule has 0 bridgehead atoms. The van der Waals surface area contributed by atoms with E-state index in [1.54, 1.807) is 36.2 Å². The number of carbonyl (C=O) groups is 2. The van der Waals surface area contributed by atoms with Crippen LogP contribution in [-0.4, -0.2) is 82.9 Å². The summed E-state index contributed by atoms with van der Waals surface area (Å²) in [5.74, 6) is 1.84. The van der Waals surface area contributed by atoms with E-state index in [0.29, 0.717) is 42.4 Å². The van der Waals surface area contributed by atoms with Crippen molar-refractivity contribution in [2.75, 3.05) is 55.2 Å². The van der Waals surface area contributed by atoms with Crippen molar-refractivity contribution in [1.82, 2.24) is 9.80 Å². The van der Waals surface area contributed by atoms with Gasteiger partial charge in [-0.2, -0.15) is 0 Å². The van der Waals surface area contributed by atoms with Crippen LogP contribution < -0.4 is 18.9 Å². The molecule has 0 unspecified atom stereocenters. The summed E-state index contributed by atoms with van der Waals surface area (Å²) in [4.78, 5) is 29.5. The molecule has 0 aliphatic carbocycles. The van der Waals surface area contributed by atoms with E-state index >= 15 is 0 Å². The van der Waals surface area contributed by atoms with E-state index in [4.69, 9.17) is 23.7 Å². The van der Waals surface area contributed by atoms with Gasteiger partial charge in [0, 0.05) is 26.7 Å². The number of benzene rings is 2. The minimum absolute atomic E-state index is 0.0146. The SMILES string of the molecule is COc1ccc(CN2C[C@@H](OC)CN(C(=O)Cc3cc(OC)c(OC)c(OC)c3)CC2=O)cc1. The Morgan fingerprint density at radius 2 is 1.53 bits per heavy atom. The van der Waals surface area contributed by atoms with Gasteiger partial charge in [0.05, 0.1) is 47.5 Å². The molecule has 1 aliphatic rings.